The first-order chi connectivity index (χ1) is 19.1. The third-order valence-electron chi connectivity index (χ3n) is 5.89. The van der Waals surface area contributed by atoms with Crippen molar-refractivity contribution in [2.75, 3.05) is 25.1 Å². The summed E-state index contributed by atoms with van der Waals surface area (Å²) in [5, 5.41) is 9.63. The Morgan fingerprint density at radius 3 is 2.80 bits per heavy atom. The molecule has 13 heteroatoms. The van der Waals surface area contributed by atoms with Crippen LogP contribution in [-0.2, 0) is 23.9 Å². The van der Waals surface area contributed by atoms with Crippen molar-refractivity contribution < 1.29 is 22.7 Å². The minimum absolute atomic E-state index is 0.0772. The number of amides is 1. The Morgan fingerprint density at radius 1 is 1.30 bits per heavy atom. The molecule has 0 bridgehead atoms. The number of nitrogens with one attached hydrogen (secondary N) is 2. The Balaban J connectivity index is 1.57. The first kappa shape index (κ1) is 28.6. The van der Waals surface area contributed by atoms with Crippen molar-refractivity contribution in [3.8, 4) is 23.6 Å². The van der Waals surface area contributed by atoms with Gasteiger partial charge >= 0.3 is 6.18 Å². The molecule has 3 aromatic heterocycles. The molecule has 1 atom stereocenters. The number of rotatable bonds is 11. The monoisotopic (exact) mass is 554 g/mol. The molecule has 0 unspecified atom stereocenters. The molecule has 0 aliphatic heterocycles. The van der Waals surface area contributed by atoms with Crippen molar-refractivity contribution >= 4 is 23.1 Å². The number of imidazole rings is 1. The van der Waals surface area contributed by atoms with Gasteiger partial charge in [0.05, 0.1) is 30.7 Å². The van der Waals surface area contributed by atoms with Crippen molar-refractivity contribution in [2.24, 2.45) is 5.73 Å². The van der Waals surface area contributed by atoms with Gasteiger partial charge in [-0.3, -0.25) is 13.9 Å². The number of hydrogen-bond donors (Lipinski definition) is 3. The van der Waals surface area contributed by atoms with E-state index in [0.29, 0.717) is 48.9 Å². The summed E-state index contributed by atoms with van der Waals surface area (Å²) in [6.45, 7) is 4.77. The fraction of sp³-hybridized carbons (Fsp3) is 0.333. The summed E-state index contributed by atoms with van der Waals surface area (Å²) in [4.78, 5) is 21.4. The minimum Gasteiger partial charge on any atom is -0.378 e. The van der Waals surface area contributed by atoms with E-state index in [1.54, 1.807) is 12.1 Å². The SMILES string of the molecule is C#CCn1cc(-c2cnc3c(Nc4ccc(C(=O)NCCOC[C@@H](C)N)c(CC)c4)nccn23)c(C(F)(F)F)n1. The summed E-state index contributed by atoms with van der Waals surface area (Å²) in [6.07, 6.45) is 6.72. The molecule has 0 saturated carbocycles. The van der Waals surface area contributed by atoms with Crippen molar-refractivity contribution in [3.05, 3.63) is 59.8 Å². The number of hydrogen-bond acceptors (Lipinski definition) is 7. The van der Waals surface area contributed by atoms with E-state index < -0.39 is 11.9 Å². The van der Waals surface area contributed by atoms with Crippen LogP contribution < -0.4 is 16.4 Å². The second kappa shape index (κ2) is 12.2. The molecule has 40 heavy (non-hydrogen) atoms. The molecule has 0 spiro atoms. The second-order valence-corrected chi connectivity index (χ2v) is 9.06. The number of carbonyl (C=O) groups is 1. The molecule has 3 heterocycles. The van der Waals surface area contributed by atoms with Gasteiger partial charge in [0.1, 0.15) is 6.54 Å². The van der Waals surface area contributed by atoms with E-state index in [-0.39, 0.29) is 29.8 Å². The van der Waals surface area contributed by atoms with Gasteiger partial charge in [0.25, 0.3) is 5.91 Å². The molecule has 0 aliphatic rings. The lowest BCUT2D eigenvalue weighted by Crippen LogP contribution is -2.30. The molecular weight excluding hydrogens is 525 g/mol. The number of halogens is 3. The summed E-state index contributed by atoms with van der Waals surface area (Å²) in [6, 6.07) is 5.17. The van der Waals surface area contributed by atoms with Crippen molar-refractivity contribution in [1.82, 2.24) is 29.5 Å². The van der Waals surface area contributed by atoms with E-state index in [1.807, 2.05) is 19.9 Å². The van der Waals surface area contributed by atoms with Gasteiger partial charge in [-0.15, -0.1) is 6.42 Å². The topological polar surface area (TPSA) is 124 Å². The maximum absolute atomic E-state index is 13.7. The van der Waals surface area contributed by atoms with E-state index >= 15 is 0 Å². The fourth-order valence-corrected chi connectivity index (χ4v) is 4.12. The first-order valence-electron chi connectivity index (χ1n) is 12.5. The van der Waals surface area contributed by atoms with Crippen LogP contribution in [0.5, 0.6) is 0 Å². The zero-order chi connectivity index (χ0) is 28.9. The summed E-state index contributed by atoms with van der Waals surface area (Å²) < 4.78 is 49.2. The van der Waals surface area contributed by atoms with E-state index in [4.69, 9.17) is 16.9 Å². The van der Waals surface area contributed by atoms with Gasteiger partial charge in [0, 0.05) is 42.4 Å². The van der Waals surface area contributed by atoms with E-state index in [0.717, 1.165) is 10.2 Å². The largest absolute Gasteiger partial charge is 0.435 e. The van der Waals surface area contributed by atoms with Gasteiger partial charge in [-0.05, 0) is 37.1 Å². The molecule has 1 aromatic carbocycles. The Morgan fingerprint density at radius 2 is 2.10 bits per heavy atom. The maximum Gasteiger partial charge on any atom is 0.435 e. The molecule has 0 fully saturated rings. The molecule has 210 valence electrons. The standard InChI is InChI=1S/C27H29F3N8O2/c1-4-10-37-15-21(23(36-37)27(28,29)30)22-14-34-25-24(32-8-11-38(22)25)35-19-6-7-20(18(5-2)13-19)26(39)33-9-12-40-16-17(3)31/h1,6-8,11,13-15,17H,5,9-10,12,16,31H2,2-3H3,(H,32,35)(H,33,39)/t17-/m1/s1. The van der Waals surface area contributed by atoms with Gasteiger partial charge in [-0.25, -0.2) is 9.97 Å². The number of anilines is 2. The number of benzene rings is 1. The third kappa shape index (κ3) is 6.41. The van der Waals surface area contributed by atoms with Crippen molar-refractivity contribution in [2.45, 2.75) is 39.0 Å². The first-order valence-corrected chi connectivity index (χ1v) is 12.5. The number of nitrogens with zero attached hydrogens (tertiary/aromatic N) is 5. The Bertz CT molecular complexity index is 1540. The summed E-state index contributed by atoms with van der Waals surface area (Å²) in [7, 11) is 0. The van der Waals surface area contributed by atoms with Crippen molar-refractivity contribution in [3.63, 3.8) is 0 Å². The van der Waals surface area contributed by atoms with Crippen LogP contribution in [0.4, 0.5) is 24.7 Å². The number of nitrogens with two attached hydrogens (primary N) is 1. The van der Waals surface area contributed by atoms with Gasteiger partial charge in [0.15, 0.2) is 17.2 Å². The van der Waals surface area contributed by atoms with Gasteiger partial charge in [0.2, 0.25) is 0 Å². The van der Waals surface area contributed by atoms with Gasteiger partial charge in [-0.1, -0.05) is 12.8 Å². The smallest absolute Gasteiger partial charge is 0.378 e. The van der Waals surface area contributed by atoms with E-state index in [9.17, 15) is 18.0 Å². The summed E-state index contributed by atoms with van der Waals surface area (Å²) in [5.74, 6) is 2.39. The van der Waals surface area contributed by atoms with Crippen LogP contribution in [0.25, 0.3) is 16.9 Å². The lowest BCUT2D eigenvalue weighted by molar-refractivity contribution is -0.141. The Kier molecular flexibility index (Phi) is 8.71. The fourth-order valence-electron chi connectivity index (χ4n) is 4.12. The Labute approximate surface area is 228 Å². The van der Waals surface area contributed by atoms with E-state index in [2.05, 4.69) is 31.6 Å². The maximum atomic E-state index is 13.7. The third-order valence-corrected chi connectivity index (χ3v) is 5.89. The van der Waals surface area contributed by atoms with Crippen LogP contribution >= 0.6 is 0 Å². The molecule has 4 N–H and O–H groups in total. The highest BCUT2D eigenvalue weighted by Crippen LogP contribution is 2.37. The van der Waals surface area contributed by atoms with Crippen LogP contribution in [-0.4, -0.2) is 55.9 Å². The molecule has 4 aromatic rings. The molecule has 10 nitrogen and oxygen atoms in total. The number of carbonyl (C=O) groups excluding carboxylic acids is 1. The van der Waals surface area contributed by atoms with E-state index in [1.165, 1.54) is 29.2 Å². The number of aromatic nitrogens is 5. The highest BCUT2D eigenvalue weighted by atomic mass is 19.4. The number of terminal acetylenes is 1. The van der Waals surface area contributed by atoms with Crippen molar-refractivity contribution in [1.29, 1.82) is 0 Å². The predicted molar refractivity (Wildman–Crippen MR) is 144 cm³/mol. The molecule has 4 rings (SSSR count). The number of aryl methyl sites for hydroxylation is 1. The number of alkyl halides is 3. The quantitative estimate of drug-likeness (QED) is 0.191. The van der Waals surface area contributed by atoms with Gasteiger partial charge < -0.3 is 21.1 Å². The van der Waals surface area contributed by atoms with Crippen LogP contribution in [0.1, 0.15) is 35.5 Å². The lowest BCUT2D eigenvalue weighted by Gasteiger charge is -2.13. The molecule has 0 aliphatic carbocycles. The molecular formula is C27H29F3N8O2. The second-order valence-electron chi connectivity index (χ2n) is 9.06. The molecule has 1 amide bonds. The summed E-state index contributed by atoms with van der Waals surface area (Å²) in [5.41, 5.74) is 6.88. The van der Waals surface area contributed by atoms with Crippen LogP contribution in [0.3, 0.4) is 0 Å². The average molecular weight is 555 g/mol. The Hall–Kier alpha value is -4.41. The number of fused-ring (bicyclic) bond motifs is 1. The highest BCUT2D eigenvalue weighted by Gasteiger charge is 2.38. The van der Waals surface area contributed by atoms with Gasteiger partial charge in [-0.2, -0.15) is 18.3 Å². The van der Waals surface area contributed by atoms with Crippen LogP contribution in [0, 0.1) is 12.3 Å². The zero-order valence-electron chi connectivity index (χ0n) is 22.0. The highest BCUT2D eigenvalue weighted by molar-refractivity contribution is 5.96. The minimum atomic E-state index is -4.69. The predicted octanol–water partition coefficient (Wildman–Crippen LogP) is 3.64. The van der Waals surface area contributed by atoms with Crippen LogP contribution in [0.2, 0.25) is 0 Å². The lowest BCUT2D eigenvalue weighted by atomic mass is 10.0. The summed E-state index contributed by atoms with van der Waals surface area (Å²) >= 11 is 0. The zero-order valence-corrected chi connectivity index (χ0v) is 22.0. The molecule has 0 radical (unpaired) electrons. The molecule has 0 saturated heterocycles. The average Bonchev–Trinajstić information content (AvgIpc) is 3.53. The number of ether oxygens (including phenoxy) is 1. The van der Waals surface area contributed by atoms with Crippen LogP contribution in [0.15, 0.2) is 43.0 Å². The normalized spacial score (nSPS) is 12.3.